The number of nitrogens with one attached hydrogen (secondary N) is 2. The molecule has 0 saturated carbocycles. The van der Waals surface area contributed by atoms with Crippen LogP contribution in [0.4, 0.5) is 5.69 Å². The van der Waals surface area contributed by atoms with Crippen LogP contribution in [0.25, 0.3) is 0 Å². The molecule has 2 N–H and O–H groups in total. The number of ether oxygens (including phenoxy) is 1. The van der Waals surface area contributed by atoms with Gasteiger partial charge in [-0.05, 0) is 18.6 Å². The van der Waals surface area contributed by atoms with Gasteiger partial charge in [-0.15, -0.1) is 0 Å². The maximum atomic E-state index is 11.7. The Kier molecular flexibility index (Phi) is 6.72. The molecule has 0 aliphatic heterocycles. The molecule has 7 heteroatoms. The zero-order valence-electron chi connectivity index (χ0n) is 11.3. The summed E-state index contributed by atoms with van der Waals surface area (Å²) in [6, 6.07) is 7.18. The first kappa shape index (κ1) is 17.2. The minimum absolute atomic E-state index is 0.189. The van der Waals surface area contributed by atoms with Gasteiger partial charge in [0.1, 0.15) is 11.9 Å². The van der Waals surface area contributed by atoms with Crippen LogP contribution in [0.15, 0.2) is 24.3 Å². The van der Waals surface area contributed by atoms with E-state index in [4.69, 9.17) is 39.5 Å². The second kappa shape index (κ2) is 7.81. The molecule has 1 rings (SSSR count). The molecule has 0 fully saturated rings. The molecule has 0 heterocycles. The minimum Gasteiger partial charge on any atom is -0.495 e. The fraction of sp³-hybridized carbons (Fsp3) is 0.462. The molecule has 4 nitrogen and oxygen atoms in total. The maximum absolute atomic E-state index is 11.7. The van der Waals surface area contributed by atoms with Gasteiger partial charge in [-0.1, -0.05) is 53.9 Å². The average Bonchev–Trinajstić information content (AvgIpc) is 2.37. The van der Waals surface area contributed by atoms with E-state index < -0.39 is 9.96 Å². The Balaban J connectivity index is 2.87. The van der Waals surface area contributed by atoms with Crippen LogP contribution in [-0.4, -0.2) is 23.0 Å². The van der Waals surface area contributed by atoms with E-state index in [2.05, 4.69) is 10.6 Å². The van der Waals surface area contributed by atoms with E-state index >= 15 is 0 Å². The molecule has 112 valence electrons. The standard InChI is InChI=1S/C13H17Cl3N2O2/c1-3-6-11(19)18-12(13(14,15)16)17-9-7-4-5-8-10(9)20-2/h4-5,7-8,12,17H,3,6H2,1-2H3,(H,18,19)/t12-/m1/s1. The number of hydrogen-bond acceptors (Lipinski definition) is 3. The van der Waals surface area contributed by atoms with Gasteiger partial charge in [0.2, 0.25) is 9.70 Å². The van der Waals surface area contributed by atoms with Crippen molar-refractivity contribution in [3.63, 3.8) is 0 Å². The third-order valence-corrected chi connectivity index (χ3v) is 3.17. The summed E-state index contributed by atoms with van der Waals surface area (Å²) in [5.41, 5.74) is 0.628. The van der Waals surface area contributed by atoms with E-state index in [0.717, 1.165) is 0 Å². The highest BCUT2D eigenvalue weighted by atomic mass is 35.6. The zero-order valence-corrected chi connectivity index (χ0v) is 13.5. The van der Waals surface area contributed by atoms with Crippen LogP contribution in [0.1, 0.15) is 19.8 Å². The van der Waals surface area contributed by atoms with Gasteiger partial charge in [0, 0.05) is 6.42 Å². The van der Waals surface area contributed by atoms with Crippen molar-refractivity contribution >= 4 is 46.4 Å². The molecule has 0 bridgehead atoms. The second-order valence-corrected chi connectivity index (χ2v) is 6.51. The predicted octanol–water partition coefficient (Wildman–Crippen LogP) is 3.72. The number of halogens is 3. The molecule has 20 heavy (non-hydrogen) atoms. The molecule has 0 unspecified atom stereocenters. The number of carbonyl (C=O) groups excluding carboxylic acids is 1. The van der Waals surface area contributed by atoms with Crippen LogP contribution < -0.4 is 15.4 Å². The first-order valence-corrected chi connectivity index (χ1v) is 7.27. The highest BCUT2D eigenvalue weighted by Crippen LogP contribution is 2.33. The molecule has 1 atom stereocenters. The fourth-order valence-corrected chi connectivity index (χ4v) is 1.91. The van der Waals surface area contributed by atoms with Crippen molar-refractivity contribution in [2.45, 2.75) is 29.7 Å². The monoisotopic (exact) mass is 338 g/mol. The number of rotatable bonds is 6. The van der Waals surface area contributed by atoms with E-state index in [1.165, 1.54) is 0 Å². The SMILES string of the molecule is CCCC(=O)N[C@@H](Nc1ccccc1OC)C(Cl)(Cl)Cl. The van der Waals surface area contributed by atoms with E-state index in [0.29, 0.717) is 24.3 Å². The molecule has 0 radical (unpaired) electrons. The van der Waals surface area contributed by atoms with Crippen molar-refractivity contribution in [2.75, 3.05) is 12.4 Å². The van der Waals surface area contributed by atoms with E-state index in [-0.39, 0.29) is 5.91 Å². The quantitative estimate of drug-likeness (QED) is 0.613. The first-order valence-electron chi connectivity index (χ1n) is 6.14. The maximum Gasteiger partial charge on any atom is 0.228 e. The number of methoxy groups -OCH3 is 1. The molecule has 0 saturated heterocycles. The zero-order chi connectivity index (χ0) is 15.2. The van der Waals surface area contributed by atoms with Gasteiger partial charge in [0.05, 0.1) is 12.8 Å². The number of anilines is 1. The summed E-state index contributed by atoms with van der Waals surface area (Å²) in [4.78, 5) is 11.7. The van der Waals surface area contributed by atoms with Crippen LogP contribution in [-0.2, 0) is 4.79 Å². The number of carbonyl (C=O) groups is 1. The Labute approximate surface area is 133 Å². The van der Waals surface area contributed by atoms with Crippen LogP contribution >= 0.6 is 34.8 Å². The van der Waals surface area contributed by atoms with Gasteiger partial charge in [-0.3, -0.25) is 4.79 Å². The normalized spacial score (nSPS) is 12.7. The van der Waals surface area contributed by atoms with Crippen molar-refractivity contribution in [3.8, 4) is 5.75 Å². The number of para-hydroxylation sites is 2. The van der Waals surface area contributed by atoms with Gasteiger partial charge in [0.25, 0.3) is 0 Å². The number of alkyl halides is 3. The number of amides is 1. The third kappa shape index (κ3) is 5.27. The van der Waals surface area contributed by atoms with E-state index in [9.17, 15) is 4.79 Å². The molecule has 0 aromatic heterocycles. The largest absolute Gasteiger partial charge is 0.495 e. The third-order valence-electron chi connectivity index (χ3n) is 2.52. The summed E-state index contributed by atoms with van der Waals surface area (Å²) in [5.74, 6) is 0.405. The molecule has 0 aliphatic carbocycles. The van der Waals surface area contributed by atoms with Crippen molar-refractivity contribution in [2.24, 2.45) is 0 Å². The average molecular weight is 340 g/mol. The summed E-state index contributed by atoms with van der Waals surface area (Å²) < 4.78 is 3.52. The summed E-state index contributed by atoms with van der Waals surface area (Å²) in [6.45, 7) is 1.90. The molecule has 1 amide bonds. The Morgan fingerprint density at radius 1 is 1.35 bits per heavy atom. The Bertz CT molecular complexity index is 449. The first-order chi connectivity index (χ1) is 9.38. The molecule has 0 aliphatic rings. The fourth-order valence-electron chi connectivity index (χ4n) is 1.58. The lowest BCUT2D eigenvalue weighted by Crippen LogP contribution is -2.49. The van der Waals surface area contributed by atoms with Gasteiger partial charge >= 0.3 is 0 Å². The van der Waals surface area contributed by atoms with Crippen molar-refractivity contribution in [1.82, 2.24) is 5.32 Å². The van der Waals surface area contributed by atoms with Crippen LogP contribution in [0.2, 0.25) is 0 Å². The van der Waals surface area contributed by atoms with Gasteiger partial charge in [0.15, 0.2) is 0 Å². The topological polar surface area (TPSA) is 50.4 Å². The van der Waals surface area contributed by atoms with Gasteiger partial charge in [-0.25, -0.2) is 0 Å². The van der Waals surface area contributed by atoms with Crippen LogP contribution in [0.5, 0.6) is 5.75 Å². The Hall–Kier alpha value is -0.840. The Morgan fingerprint density at radius 2 is 2.00 bits per heavy atom. The molecule has 1 aromatic carbocycles. The smallest absolute Gasteiger partial charge is 0.228 e. The summed E-state index contributed by atoms with van der Waals surface area (Å²) in [7, 11) is 1.54. The lowest BCUT2D eigenvalue weighted by Gasteiger charge is -2.28. The molecule has 1 aromatic rings. The van der Waals surface area contributed by atoms with Crippen molar-refractivity contribution in [3.05, 3.63) is 24.3 Å². The summed E-state index contributed by atoms with van der Waals surface area (Å²) in [6.07, 6.45) is 0.223. The van der Waals surface area contributed by atoms with E-state index in [1.807, 2.05) is 19.1 Å². The van der Waals surface area contributed by atoms with Crippen molar-refractivity contribution < 1.29 is 9.53 Å². The lowest BCUT2D eigenvalue weighted by molar-refractivity contribution is -0.121. The Morgan fingerprint density at radius 3 is 2.55 bits per heavy atom. The number of hydrogen-bond donors (Lipinski definition) is 2. The van der Waals surface area contributed by atoms with Gasteiger partial charge < -0.3 is 15.4 Å². The summed E-state index contributed by atoms with van der Waals surface area (Å²) in [5, 5.41) is 5.63. The van der Waals surface area contributed by atoms with E-state index in [1.54, 1.807) is 19.2 Å². The van der Waals surface area contributed by atoms with Crippen LogP contribution in [0, 0.1) is 0 Å². The molecule has 0 spiro atoms. The minimum atomic E-state index is -1.69. The predicted molar refractivity (Wildman–Crippen MR) is 83.7 cm³/mol. The summed E-state index contributed by atoms with van der Waals surface area (Å²) >= 11 is 17.7. The highest BCUT2D eigenvalue weighted by molar-refractivity contribution is 6.68. The van der Waals surface area contributed by atoms with Crippen LogP contribution in [0.3, 0.4) is 0 Å². The highest BCUT2D eigenvalue weighted by Gasteiger charge is 2.34. The molecular formula is C13H17Cl3N2O2. The van der Waals surface area contributed by atoms with Crippen molar-refractivity contribution in [1.29, 1.82) is 0 Å². The molecular weight excluding hydrogens is 323 g/mol. The second-order valence-electron chi connectivity index (χ2n) is 4.14. The lowest BCUT2D eigenvalue weighted by atomic mass is 10.2. The van der Waals surface area contributed by atoms with Gasteiger partial charge in [-0.2, -0.15) is 0 Å². The number of benzene rings is 1.